The van der Waals surface area contributed by atoms with E-state index in [-0.39, 0.29) is 22.9 Å². The minimum atomic E-state index is -3.27. The normalized spacial score (nSPS) is 10.9. The van der Waals surface area contributed by atoms with Gasteiger partial charge in [0.2, 0.25) is 10.9 Å². The number of aromatic carboxylic acids is 1. The van der Waals surface area contributed by atoms with Crippen LogP contribution in [0.25, 0.3) is 11.0 Å². The maximum absolute atomic E-state index is 12.4. The van der Waals surface area contributed by atoms with Gasteiger partial charge in [0.25, 0.3) is 0 Å². The zero-order valence-electron chi connectivity index (χ0n) is 17.1. The number of rotatable bonds is 7. The Morgan fingerprint density at radius 3 is 2.42 bits per heavy atom. The van der Waals surface area contributed by atoms with Crippen molar-refractivity contribution in [3.63, 3.8) is 0 Å². The van der Waals surface area contributed by atoms with E-state index in [2.05, 4.69) is 15.3 Å². The molecule has 0 bridgehead atoms. The Labute approximate surface area is 195 Å². The van der Waals surface area contributed by atoms with Crippen LogP contribution in [0.4, 0.5) is 23.0 Å². The summed E-state index contributed by atoms with van der Waals surface area (Å²) in [6, 6.07) is 17.4. The quantitative estimate of drug-likeness (QED) is 0.330. The average molecular weight is 485 g/mol. The number of aromatic nitrogens is 2. The lowest BCUT2D eigenvalue weighted by Crippen LogP contribution is -2.19. The first-order valence-corrected chi connectivity index (χ1v) is 11.0. The average Bonchev–Trinajstić information content (AvgIpc) is 2.80. The molecule has 0 aliphatic rings. The van der Waals surface area contributed by atoms with E-state index < -0.39 is 16.9 Å². The van der Waals surface area contributed by atoms with Crippen molar-refractivity contribution in [2.45, 2.75) is 0 Å². The molecular weight excluding hydrogens is 468 g/mol. The van der Waals surface area contributed by atoms with Gasteiger partial charge in [-0.25, -0.2) is 27.5 Å². The summed E-state index contributed by atoms with van der Waals surface area (Å²) in [6.07, 6.45) is 0. The molecule has 33 heavy (non-hydrogen) atoms. The van der Waals surface area contributed by atoms with Crippen molar-refractivity contribution in [2.75, 3.05) is 16.7 Å². The Bertz CT molecular complexity index is 1440. The maximum Gasteiger partial charge on any atom is 0.335 e. The number of anilines is 4. The van der Waals surface area contributed by atoms with Gasteiger partial charge in [-0.2, -0.15) is 0 Å². The van der Waals surface area contributed by atoms with Crippen molar-refractivity contribution in [1.29, 1.82) is 0 Å². The number of thiol groups is 1. The lowest BCUT2D eigenvalue weighted by molar-refractivity contribution is 0.0697. The number of carboxylic acids is 1. The van der Waals surface area contributed by atoms with Gasteiger partial charge >= 0.3 is 5.97 Å². The molecule has 1 aromatic heterocycles. The molecule has 0 aliphatic carbocycles. The van der Waals surface area contributed by atoms with E-state index in [0.29, 0.717) is 27.5 Å². The van der Waals surface area contributed by atoms with Crippen LogP contribution in [0.5, 0.6) is 5.75 Å². The fourth-order valence-electron chi connectivity index (χ4n) is 3.14. The lowest BCUT2D eigenvalue weighted by Gasteiger charge is -2.21. The molecule has 4 rings (SSSR count). The fourth-order valence-corrected chi connectivity index (χ4v) is 3.91. The fraction of sp³-hybridized carbons (Fsp3) is 0.0455. The van der Waals surface area contributed by atoms with E-state index in [9.17, 15) is 18.3 Å². The topological polar surface area (TPSA) is 122 Å². The minimum absolute atomic E-state index is 0.0498. The third kappa shape index (κ3) is 4.66. The van der Waals surface area contributed by atoms with Crippen molar-refractivity contribution in [3.05, 3.63) is 77.3 Å². The molecule has 0 aliphatic heterocycles. The van der Waals surface area contributed by atoms with Crippen LogP contribution in [0, 0.1) is 0 Å². The SMILES string of the molecule is COc1ccc(Cl)c(Nc2nc3ccccc3nc2N(c2cccc(C(=O)O)c2)[SH](=O)=O)c1. The van der Waals surface area contributed by atoms with E-state index in [1.807, 2.05) is 0 Å². The van der Waals surface area contributed by atoms with Crippen LogP contribution in [0.3, 0.4) is 0 Å². The highest BCUT2D eigenvalue weighted by molar-refractivity contribution is 7.74. The summed E-state index contributed by atoms with van der Waals surface area (Å²) in [5, 5.41) is 12.7. The van der Waals surface area contributed by atoms with Crippen molar-refractivity contribution in [1.82, 2.24) is 9.97 Å². The number of nitrogens with one attached hydrogen (secondary N) is 1. The van der Waals surface area contributed by atoms with E-state index in [1.165, 1.54) is 31.4 Å². The molecule has 0 fully saturated rings. The second-order valence-corrected chi connectivity index (χ2v) is 8.04. The third-order valence-electron chi connectivity index (χ3n) is 4.68. The van der Waals surface area contributed by atoms with Gasteiger partial charge in [-0.15, -0.1) is 0 Å². The number of methoxy groups -OCH3 is 1. The number of para-hydroxylation sites is 2. The molecule has 0 radical (unpaired) electrons. The molecule has 3 aromatic carbocycles. The van der Waals surface area contributed by atoms with Gasteiger partial charge in [-0.3, -0.25) is 0 Å². The van der Waals surface area contributed by atoms with Gasteiger partial charge in [-0.05, 0) is 42.5 Å². The standard InChI is InChI=1S/C22H17ClN4O5S/c1-32-15-9-10-16(23)19(12-15)25-20-21(26-18-8-3-2-7-17(18)24-20)27(33(30)31)14-6-4-5-13(11-14)22(28)29/h2-12,33H,1H3,(H,24,25)(H,28,29). The highest BCUT2D eigenvalue weighted by Crippen LogP contribution is 2.36. The Balaban J connectivity index is 1.93. The number of ether oxygens (including phenoxy) is 1. The van der Waals surface area contributed by atoms with Crippen LogP contribution in [-0.4, -0.2) is 36.6 Å². The largest absolute Gasteiger partial charge is 0.497 e. The first-order chi connectivity index (χ1) is 15.9. The number of carbonyl (C=O) groups is 1. The minimum Gasteiger partial charge on any atom is -0.497 e. The van der Waals surface area contributed by atoms with E-state index >= 15 is 0 Å². The molecule has 1 heterocycles. The third-order valence-corrected chi connectivity index (χ3v) is 5.76. The predicted octanol–water partition coefficient (Wildman–Crippen LogP) is 4.40. The van der Waals surface area contributed by atoms with Crippen LogP contribution in [-0.2, 0) is 10.9 Å². The Morgan fingerprint density at radius 2 is 1.76 bits per heavy atom. The van der Waals surface area contributed by atoms with Crippen molar-refractivity contribution < 1.29 is 23.1 Å². The number of hydrogen-bond donors (Lipinski definition) is 3. The van der Waals surface area contributed by atoms with Crippen molar-refractivity contribution in [3.8, 4) is 5.75 Å². The van der Waals surface area contributed by atoms with Crippen molar-refractivity contribution in [2.24, 2.45) is 0 Å². The van der Waals surface area contributed by atoms with Gasteiger partial charge in [0, 0.05) is 6.07 Å². The number of benzene rings is 3. The molecule has 0 spiro atoms. The van der Waals surface area contributed by atoms with E-state index in [0.717, 1.165) is 4.31 Å². The van der Waals surface area contributed by atoms with Crippen molar-refractivity contribution >= 4 is 62.5 Å². The second-order valence-electron chi connectivity index (χ2n) is 6.76. The summed E-state index contributed by atoms with van der Waals surface area (Å²) in [6.45, 7) is 0. The zero-order chi connectivity index (χ0) is 23.5. The summed E-state index contributed by atoms with van der Waals surface area (Å²) in [4.78, 5) is 20.5. The Morgan fingerprint density at radius 1 is 1.03 bits per heavy atom. The molecule has 0 amide bonds. The summed E-state index contributed by atoms with van der Waals surface area (Å²) >= 11 is 6.32. The number of nitrogens with zero attached hydrogens (tertiary/aromatic N) is 3. The number of carboxylic acid groups (broad SMARTS) is 1. The highest BCUT2D eigenvalue weighted by Gasteiger charge is 2.22. The summed E-state index contributed by atoms with van der Waals surface area (Å²) < 4.78 is 30.9. The van der Waals surface area contributed by atoms with Gasteiger partial charge in [0.1, 0.15) is 5.75 Å². The monoisotopic (exact) mass is 484 g/mol. The predicted molar refractivity (Wildman–Crippen MR) is 127 cm³/mol. The summed E-state index contributed by atoms with van der Waals surface area (Å²) in [5.41, 5.74) is 1.40. The van der Waals surface area contributed by atoms with Gasteiger partial charge < -0.3 is 15.2 Å². The Hall–Kier alpha value is -3.89. The van der Waals surface area contributed by atoms with E-state index in [1.54, 1.807) is 42.5 Å². The van der Waals surface area contributed by atoms with Gasteiger partial charge in [0.05, 0.1) is 40.1 Å². The summed E-state index contributed by atoms with van der Waals surface area (Å²) in [5.74, 6) is -0.614. The van der Waals surface area contributed by atoms with E-state index in [4.69, 9.17) is 16.3 Å². The number of halogens is 1. The molecule has 0 saturated heterocycles. The smallest absolute Gasteiger partial charge is 0.335 e. The molecule has 0 unspecified atom stereocenters. The molecule has 9 nitrogen and oxygen atoms in total. The Kier molecular flexibility index (Phi) is 6.29. The van der Waals surface area contributed by atoms with Crippen LogP contribution < -0.4 is 14.4 Å². The van der Waals surface area contributed by atoms with Crippen LogP contribution in [0.2, 0.25) is 5.02 Å². The van der Waals surface area contributed by atoms with Crippen LogP contribution in [0.1, 0.15) is 10.4 Å². The molecule has 4 aromatic rings. The molecule has 2 N–H and O–H groups in total. The first-order valence-electron chi connectivity index (χ1n) is 9.52. The zero-order valence-corrected chi connectivity index (χ0v) is 18.7. The van der Waals surface area contributed by atoms with Gasteiger partial charge in [-0.1, -0.05) is 29.8 Å². The van der Waals surface area contributed by atoms with Crippen LogP contribution in [0.15, 0.2) is 66.7 Å². The molecule has 0 atom stereocenters. The highest BCUT2D eigenvalue weighted by atomic mass is 35.5. The number of fused-ring (bicyclic) bond motifs is 1. The second kappa shape index (κ2) is 9.31. The maximum atomic E-state index is 12.4. The first kappa shape index (κ1) is 22.3. The molecule has 168 valence electrons. The number of hydrogen-bond acceptors (Lipinski definition) is 7. The lowest BCUT2D eigenvalue weighted by atomic mass is 10.2. The summed E-state index contributed by atoms with van der Waals surface area (Å²) in [7, 11) is -1.76. The van der Waals surface area contributed by atoms with Crippen LogP contribution >= 0.6 is 11.6 Å². The molecule has 0 saturated carbocycles. The molecule has 11 heteroatoms. The van der Waals surface area contributed by atoms with Gasteiger partial charge in [0.15, 0.2) is 11.6 Å². The molecular formula is C22H17ClN4O5S.